The van der Waals surface area contributed by atoms with Crippen molar-refractivity contribution in [2.24, 2.45) is 7.05 Å². The summed E-state index contributed by atoms with van der Waals surface area (Å²) in [4.78, 5) is 13.1. The summed E-state index contributed by atoms with van der Waals surface area (Å²) in [6, 6.07) is 7.92. The Morgan fingerprint density at radius 3 is 2.78 bits per heavy atom. The van der Waals surface area contributed by atoms with Crippen LogP contribution < -0.4 is 15.8 Å². The molecule has 3 aromatic rings. The first kappa shape index (κ1) is 15.1. The Labute approximate surface area is 134 Å². The average Bonchev–Trinajstić information content (AvgIpc) is 2.83. The number of fused-ring (bicyclic) bond motifs is 1. The molecule has 3 N–H and O–H groups in total. The van der Waals surface area contributed by atoms with Gasteiger partial charge in [-0.05, 0) is 31.5 Å². The third-order valence-corrected chi connectivity index (χ3v) is 3.91. The molecule has 0 amide bonds. The van der Waals surface area contributed by atoms with Crippen LogP contribution in [0.4, 0.5) is 11.8 Å². The van der Waals surface area contributed by atoms with E-state index < -0.39 is 0 Å². The molecule has 7 heteroatoms. The number of anilines is 2. The highest BCUT2D eigenvalue weighted by Crippen LogP contribution is 2.26. The second-order valence-corrected chi connectivity index (χ2v) is 5.46. The minimum Gasteiger partial charge on any atom is -0.497 e. The molecule has 1 atom stereocenters. The van der Waals surface area contributed by atoms with Crippen molar-refractivity contribution in [3.05, 3.63) is 35.7 Å². The van der Waals surface area contributed by atoms with Gasteiger partial charge in [0.25, 0.3) is 0 Å². The Hall–Kier alpha value is -2.83. The van der Waals surface area contributed by atoms with Gasteiger partial charge in [0.05, 0.1) is 13.2 Å². The zero-order valence-corrected chi connectivity index (χ0v) is 13.7. The summed E-state index contributed by atoms with van der Waals surface area (Å²) in [5.41, 5.74) is 8.36. The fraction of sp³-hybridized carbons (Fsp3) is 0.312. The lowest BCUT2D eigenvalue weighted by atomic mass is 10.1. The van der Waals surface area contributed by atoms with E-state index in [1.165, 1.54) is 0 Å². The molecule has 7 nitrogen and oxygen atoms in total. The highest BCUT2D eigenvalue weighted by atomic mass is 16.5. The van der Waals surface area contributed by atoms with E-state index in [0.29, 0.717) is 11.3 Å². The van der Waals surface area contributed by atoms with Crippen LogP contribution in [-0.2, 0) is 7.05 Å². The smallest absolute Gasteiger partial charge is 0.224 e. The molecule has 0 bridgehead atoms. The second kappa shape index (κ2) is 5.75. The predicted molar refractivity (Wildman–Crippen MR) is 90.5 cm³/mol. The Morgan fingerprint density at radius 2 is 2.04 bits per heavy atom. The van der Waals surface area contributed by atoms with Crippen molar-refractivity contribution in [2.75, 3.05) is 18.2 Å². The highest BCUT2D eigenvalue weighted by Gasteiger charge is 2.16. The van der Waals surface area contributed by atoms with Crippen molar-refractivity contribution < 1.29 is 4.74 Å². The lowest BCUT2D eigenvalue weighted by Crippen LogP contribution is -2.10. The van der Waals surface area contributed by atoms with Gasteiger partial charge in [0.1, 0.15) is 11.6 Å². The van der Waals surface area contributed by atoms with Crippen molar-refractivity contribution in [1.29, 1.82) is 0 Å². The molecule has 1 aromatic carbocycles. The van der Waals surface area contributed by atoms with Crippen molar-refractivity contribution in [3.63, 3.8) is 0 Å². The van der Waals surface area contributed by atoms with Crippen molar-refractivity contribution in [1.82, 2.24) is 19.5 Å². The molecule has 0 fully saturated rings. The molecule has 120 valence electrons. The maximum Gasteiger partial charge on any atom is 0.224 e. The minimum atomic E-state index is 0.0184. The number of rotatable bonds is 4. The summed E-state index contributed by atoms with van der Waals surface area (Å²) >= 11 is 0. The van der Waals surface area contributed by atoms with E-state index in [1.54, 1.807) is 7.11 Å². The lowest BCUT2D eigenvalue weighted by Gasteiger charge is -2.16. The Morgan fingerprint density at radius 1 is 1.26 bits per heavy atom. The molecule has 0 aliphatic heterocycles. The van der Waals surface area contributed by atoms with E-state index in [9.17, 15) is 0 Å². The Bertz CT molecular complexity index is 857. The van der Waals surface area contributed by atoms with Crippen LogP contribution in [0, 0.1) is 6.92 Å². The lowest BCUT2D eigenvalue weighted by molar-refractivity contribution is 0.414. The van der Waals surface area contributed by atoms with E-state index in [0.717, 1.165) is 22.8 Å². The summed E-state index contributed by atoms with van der Waals surface area (Å²) in [7, 11) is 3.56. The zero-order valence-electron chi connectivity index (χ0n) is 13.7. The van der Waals surface area contributed by atoms with Gasteiger partial charge < -0.3 is 20.4 Å². The first-order chi connectivity index (χ1) is 11.0. The third-order valence-electron chi connectivity index (χ3n) is 3.91. The molecule has 2 aromatic heterocycles. The van der Waals surface area contributed by atoms with Gasteiger partial charge in [-0.2, -0.15) is 9.97 Å². The molecule has 0 aliphatic carbocycles. The second-order valence-electron chi connectivity index (χ2n) is 5.46. The molecule has 1 unspecified atom stereocenters. The average molecular weight is 312 g/mol. The number of nitrogens with two attached hydrogens (primary N) is 1. The largest absolute Gasteiger partial charge is 0.497 e. The number of hydrogen-bond acceptors (Lipinski definition) is 6. The monoisotopic (exact) mass is 312 g/mol. The number of hydrogen-bond donors (Lipinski definition) is 2. The fourth-order valence-corrected chi connectivity index (χ4v) is 2.49. The van der Waals surface area contributed by atoms with Gasteiger partial charge in [-0.25, -0.2) is 4.98 Å². The number of benzene rings is 1. The molecular weight excluding hydrogens is 292 g/mol. The van der Waals surface area contributed by atoms with Gasteiger partial charge in [0.15, 0.2) is 17.0 Å². The van der Waals surface area contributed by atoms with Gasteiger partial charge in [-0.3, -0.25) is 0 Å². The van der Waals surface area contributed by atoms with Gasteiger partial charge in [-0.15, -0.1) is 0 Å². The third kappa shape index (κ3) is 2.77. The van der Waals surface area contributed by atoms with Crippen LogP contribution in [0.15, 0.2) is 24.3 Å². The molecule has 0 aliphatic rings. The van der Waals surface area contributed by atoms with Crippen molar-refractivity contribution in [2.45, 2.75) is 19.9 Å². The fourth-order valence-electron chi connectivity index (χ4n) is 2.49. The van der Waals surface area contributed by atoms with Crippen LogP contribution in [0.5, 0.6) is 5.75 Å². The Kier molecular flexibility index (Phi) is 3.77. The molecule has 0 saturated heterocycles. The van der Waals surface area contributed by atoms with Crippen molar-refractivity contribution >= 4 is 22.9 Å². The van der Waals surface area contributed by atoms with Crippen LogP contribution in [0.25, 0.3) is 11.2 Å². The molecule has 3 rings (SSSR count). The van der Waals surface area contributed by atoms with E-state index >= 15 is 0 Å². The number of nitrogens with one attached hydrogen (secondary N) is 1. The summed E-state index contributed by atoms with van der Waals surface area (Å²) in [6.07, 6.45) is 0. The SMILES string of the molecule is COc1cccc(C(C)Nc2nc(N)nc3c2nc(C)n3C)c1. The quantitative estimate of drug-likeness (QED) is 0.769. The molecule has 0 spiro atoms. The van der Waals surface area contributed by atoms with Crippen LogP contribution in [0.1, 0.15) is 24.4 Å². The number of methoxy groups -OCH3 is 1. The molecule has 0 saturated carbocycles. The van der Waals surface area contributed by atoms with Gasteiger partial charge in [0, 0.05) is 7.05 Å². The molecule has 0 radical (unpaired) electrons. The number of nitrogens with zero attached hydrogens (tertiary/aromatic N) is 4. The maximum atomic E-state index is 5.84. The predicted octanol–water partition coefficient (Wildman–Crippen LogP) is 2.44. The van der Waals surface area contributed by atoms with Crippen LogP contribution in [0.2, 0.25) is 0 Å². The molecule has 2 heterocycles. The van der Waals surface area contributed by atoms with Gasteiger partial charge in [-0.1, -0.05) is 12.1 Å². The highest BCUT2D eigenvalue weighted by molar-refractivity contribution is 5.84. The maximum absolute atomic E-state index is 5.84. The first-order valence-corrected chi connectivity index (χ1v) is 7.36. The number of ether oxygens (including phenoxy) is 1. The summed E-state index contributed by atoms with van der Waals surface area (Å²) in [5.74, 6) is 2.53. The van der Waals surface area contributed by atoms with Crippen molar-refractivity contribution in [3.8, 4) is 5.75 Å². The summed E-state index contributed by atoms with van der Waals surface area (Å²) in [5, 5.41) is 3.37. The first-order valence-electron chi connectivity index (χ1n) is 7.36. The summed E-state index contributed by atoms with van der Waals surface area (Å²) in [6.45, 7) is 3.97. The number of aromatic nitrogens is 4. The zero-order chi connectivity index (χ0) is 16.6. The van der Waals surface area contributed by atoms with E-state index in [2.05, 4.69) is 27.2 Å². The summed E-state index contributed by atoms with van der Waals surface area (Å²) < 4.78 is 7.17. The van der Waals surface area contributed by atoms with Crippen LogP contribution >= 0.6 is 0 Å². The topological polar surface area (TPSA) is 90.9 Å². The van der Waals surface area contributed by atoms with E-state index in [1.807, 2.05) is 42.8 Å². The standard InChI is InChI=1S/C16H20N6O/c1-9(11-6-5-7-12(8-11)23-4)18-14-13-15(21-16(17)20-14)22(3)10(2)19-13/h5-9H,1-4H3,(H3,17,18,20,21). The Balaban J connectivity index is 1.98. The van der Waals surface area contributed by atoms with Gasteiger partial charge in [0.2, 0.25) is 5.95 Å². The number of imidazole rings is 1. The minimum absolute atomic E-state index is 0.0184. The van der Waals surface area contributed by atoms with E-state index in [4.69, 9.17) is 10.5 Å². The number of aryl methyl sites for hydroxylation is 2. The van der Waals surface area contributed by atoms with Crippen LogP contribution in [-0.4, -0.2) is 26.6 Å². The van der Waals surface area contributed by atoms with Crippen LogP contribution in [0.3, 0.4) is 0 Å². The van der Waals surface area contributed by atoms with Gasteiger partial charge >= 0.3 is 0 Å². The normalized spacial score (nSPS) is 12.3. The molecular formula is C16H20N6O. The molecule has 23 heavy (non-hydrogen) atoms. The number of nitrogen functional groups attached to an aromatic ring is 1. The van der Waals surface area contributed by atoms with E-state index in [-0.39, 0.29) is 12.0 Å².